The average molecular weight is 551 g/mol. The fourth-order valence-electron chi connectivity index (χ4n) is 7.40. The van der Waals surface area contributed by atoms with E-state index in [1.807, 2.05) is 34.0 Å². The number of benzene rings is 4. The largest absolute Gasteiger partial charge is 0.140 e. The van der Waals surface area contributed by atoms with Crippen LogP contribution in [0.4, 0.5) is 0 Å². The fraction of sp³-hybridized carbons (Fsp3) is 0.314. The van der Waals surface area contributed by atoms with Gasteiger partial charge in [-0.25, -0.2) is 0 Å². The smallest absolute Gasteiger partial charge is 0.0437 e. The molecule has 4 aromatic carbocycles. The molecule has 0 aliphatic rings. The average Bonchev–Trinajstić information content (AvgIpc) is 3.51. The zero-order valence-electron chi connectivity index (χ0n) is 24.3. The molecule has 0 unspecified atom stereocenters. The monoisotopic (exact) mass is 550 g/mol. The number of hydrogen-bond acceptors (Lipinski definition) is 3. The molecular formula is C35H34S3. The van der Waals surface area contributed by atoms with Crippen LogP contribution in [0.1, 0.15) is 59.8 Å². The Morgan fingerprint density at radius 2 is 0.789 bits per heavy atom. The van der Waals surface area contributed by atoms with Gasteiger partial charge in [0.25, 0.3) is 0 Å². The Hall–Kier alpha value is -2.46. The van der Waals surface area contributed by atoms with Gasteiger partial charge in [-0.2, -0.15) is 0 Å². The molecule has 7 aromatic rings. The van der Waals surface area contributed by atoms with E-state index in [0.717, 1.165) is 0 Å². The summed E-state index contributed by atoms with van der Waals surface area (Å²) >= 11 is 5.98. The number of hydrogen-bond donors (Lipinski definition) is 0. The second kappa shape index (κ2) is 7.81. The topological polar surface area (TPSA) is 0 Å². The standard InChI is InChI=1S/C35H34S3/c1-13-14(2)30-31-18(6)28-20(8)33-29(16(4)23(11)37-33)17(5)27(28)21(9)34(31)38-35(30)25-12-24-15(3)22(10)36-32(24)19(7)26(13)25/h12H,1-11H3. The van der Waals surface area contributed by atoms with E-state index in [0.29, 0.717) is 0 Å². The summed E-state index contributed by atoms with van der Waals surface area (Å²) < 4.78 is 5.89. The predicted octanol–water partition coefficient (Wildman–Crippen LogP) is 12.2. The molecule has 192 valence electrons. The molecule has 0 radical (unpaired) electrons. The van der Waals surface area contributed by atoms with Gasteiger partial charge in [0.2, 0.25) is 0 Å². The maximum Gasteiger partial charge on any atom is 0.0437 e. The molecule has 3 heteroatoms. The van der Waals surface area contributed by atoms with Crippen molar-refractivity contribution in [2.75, 3.05) is 0 Å². The first-order chi connectivity index (χ1) is 18.0. The first-order valence-corrected chi connectivity index (χ1v) is 16.0. The van der Waals surface area contributed by atoms with Gasteiger partial charge in [-0.3, -0.25) is 0 Å². The lowest BCUT2D eigenvalue weighted by Gasteiger charge is -2.17. The Morgan fingerprint density at radius 3 is 1.45 bits per heavy atom. The highest BCUT2D eigenvalue weighted by Crippen LogP contribution is 2.51. The van der Waals surface area contributed by atoms with E-state index in [-0.39, 0.29) is 0 Å². The van der Waals surface area contributed by atoms with Crippen LogP contribution in [0.25, 0.3) is 61.9 Å². The van der Waals surface area contributed by atoms with Gasteiger partial charge in [0.1, 0.15) is 0 Å². The fourth-order valence-corrected chi connectivity index (χ4v) is 11.2. The third-order valence-electron chi connectivity index (χ3n) is 9.74. The highest BCUT2D eigenvalue weighted by molar-refractivity contribution is 7.27. The minimum Gasteiger partial charge on any atom is -0.140 e. The highest BCUT2D eigenvalue weighted by Gasteiger charge is 2.25. The summed E-state index contributed by atoms with van der Waals surface area (Å²) in [6.45, 7) is 25.7. The van der Waals surface area contributed by atoms with E-state index in [9.17, 15) is 0 Å². The summed E-state index contributed by atoms with van der Waals surface area (Å²) in [5.41, 5.74) is 13.1. The summed E-state index contributed by atoms with van der Waals surface area (Å²) in [5.74, 6) is 0. The van der Waals surface area contributed by atoms with Crippen LogP contribution >= 0.6 is 34.0 Å². The number of thiophene rings is 3. The van der Waals surface area contributed by atoms with Crippen molar-refractivity contribution < 1.29 is 0 Å². The lowest BCUT2D eigenvalue weighted by atomic mass is 9.86. The third-order valence-corrected chi connectivity index (χ3v) is 13.7. The molecule has 0 bridgehead atoms. The van der Waals surface area contributed by atoms with Crippen molar-refractivity contribution in [1.82, 2.24) is 0 Å². The van der Waals surface area contributed by atoms with Crippen LogP contribution in [0.3, 0.4) is 0 Å². The molecule has 0 N–H and O–H groups in total. The molecular weight excluding hydrogens is 517 g/mol. The van der Waals surface area contributed by atoms with Crippen molar-refractivity contribution in [2.45, 2.75) is 76.2 Å². The zero-order valence-corrected chi connectivity index (χ0v) is 26.8. The van der Waals surface area contributed by atoms with Gasteiger partial charge in [-0.05, 0) is 159 Å². The molecule has 3 aromatic heterocycles. The molecule has 7 rings (SSSR count). The Labute approximate surface area is 236 Å². The van der Waals surface area contributed by atoms with Crippen molar-refractivity contribution in [1.29, 1.82) is 0 Å². The number of rotatable bonds is 0. The number of fused-ring (bicyclic) bond motifs is 8. The van der Waals surface area contributed by atoms with E-state index in [4.69, 9.17) is 0 Å². The molecule has 0 saturated carbocycles. The lowest BCUT2D eigenvalue weighted by Crippen LogP contribution is -1.94. The van der Waals surface area contributed by atoms with Crippen LogP contribution in [0.5, 0.6) is 0 Å². The van der Waals surface area contributed by atoms with E-state index >= 15 is 0 Å². The predicted molar refractivity (Wildman–Crippen MR) is 177 cm³/mol. The van der Waals surface area contributed by atoms with Gasteiger partial charge in [0, 0.05) is 44.7 Å². The quantitative estimate of drug-likeness (QED) is 0.176. The van der Waals surface area contributed by atoms with Gasteiger partial charge >= 0.3 is 0 Å². The van der Waals surface area contributed by atoms with Crippen LogP contribution < -0.4 is 0 Å². The Kier molecular flexibility index (Phi) is 5.05. The normalized spacial score (nSPS) is 12.6. The van der Waals surface area contributed by atoms with Crippen molar-refractivity contribution in [2.24, 2.45) is 0 Å². The minimum atomic E-state index is 1.44. The van der Waals surface area contributed by atoms with Crippen molar-refractivity contribution in [3.8, 4) is 0 Å². The van der Waals surface area contributed by atoms with Crippen LogP contribution in [-0.4, -0.2) is 0 Å². The third kappa shape index (κ3) is 2.75. The summed E-state index contributed by atoms with van der Waals surface area (Å²) in [5, 5.41) is 11.8. The van der Waals surface area contributed by atoms with Crippen LogP contribution in [0, 0.1) is 76.2 Å². The maximum atomic E-state index is 2.52. The van der Waals surface area contributed by atoms with Crippen LogP contribution in [-0.2, 0) is 0 Å². The first-order valence-electron chi connectivity index (χ1n) is 13.6. The first kappa shape index (κ1) is 24.6. The second-order valence-electron chi connectivity index (χ2n) is 11.6. The molecule has 0 nitrogen and oxygen atoms in total. The van der Waals surface area contributed by atoms with E-state index < -0.39 is 0 Å². The minimum absolute atomic E-state index is 1.44. The molecule has 0 atom stereocenters. The highest BCUT2D eigenvalue weighted by atomic mass is 32.1. The maximum absolute atomic E-state index is 2.52. The van der Waals surface area contributed by atoms with Crippen molar-refractivity contribution >= 4 is 95.9 Å². The van der Waals surface area contributed by atoms with Gasteiger partial charge in [0.15, 0.2) is 0 Å². The molecule has 0 amide bonds. The molecule has 3 heterocycles. The zero-order chi connectivity index (χ0) is 27.1. The molecule has 0 spiro atoms. The van der Waals surface area contributed by atoms with Gasteiger partial charge in [-0.15, -0.1) is 34.0 Å². The Bertz CT molecular complexity index is 2220. The summed E-state index contributed by atoms with van der Waals surface area (Å²) in [6.07, 6.45) is 0. The Balaban J connectivity index is 1.79. The summed E-state index contributed by atoms with van der Waals surface area (Å²) in [6, 6.07) is 2.52. The summed E-state index contributed by atoms with van der Waals surface area (Å²) in [7, 11) is 0. The van der Waals surface area contributed by atoms with E-state index in [1.54, 1.807) is 0 Å². The Morgan fingerprint density at radius 1 is 0.316 bits per heavy atom. The SMILES string of the molecule is Cc1sc2c(C)c3c(C)c(C)c4c(sc5c(C)c6c(C)c7c(C)c(C)sc7c(C)c6c(C)c54)c3cc2c1C. The second-order valence-corrected chi connectivity index (χ2v) is 15.1. The lowest BCUT2D eigenvalue weighted by molar-refractivity contribution is 1.41. The van der Waals surface area contributed by atoms with Crippen molar-refractivity contribution in [3.05, 3.63) is 65.9 Å². The van der Waals surface area contributed by atoms with Crippen LogP contribution in [0.2, 0.25) is 0 Å². The molecule has 0 aliphatic carbocycles. The number of aryl methyl sites for hydroxylation is 11. The van der Waals surface area contributed by atoms with E-state index in [2.05, 4.69) is 82.2 Å². The van der Waals surface area contributed by atoms with Crippen molar-refractivity contribution in [3.63, 3.8) is 0 Å². The molecule has 0 aliphatic heterocycles. The van der Waals surface area contributed by atoms with Gasteiger partial charge in [-0.1, -0.05) is 0 Å². The van der Waals surface area contributed by atoms with E-state index in [1.165, 1.54) is 122 Å². The van der Waals surface area contributed by atoms with Gasteiger partial charge < -0.3 is 0 Å². The molecule has 0 saturated heterocycles. The molecule has 38 heavy (non-hydrogen) atoms. The summed E-state index contributed by atoms with van der Waals surface area (Å²) in [4.78, 5) is 2.89. The molecule has 0 fully saturated rings. The van der Waals surface area contributed by atoms with Gasteiger partial charge in [0.05, 0.1) is 0 Å². The van der Waals surface area contributed by atoms with Crippen LogP contribution in [0.15, 0.2) is 6.07 Å².